The number of thiophene rings is 1. The van der Waals surface area contributed by atoms with Crippen LogP contribution in [0, 0.1) is 0 Å². The first-order chi connectivity index (χ1) is 11.9. The molecule has 3 heterocycles. The molecule has 0 aliphatic carbocycles. The van der Waals surface area contributed by atoms with Gasteiger partial charge in [-0.2, -0.15) is 0 Å². The number of hydrogen-bond donors (Lipinski definition) is 1. The molecule has 0 bridgehead atoms. The highest BCUT2D eigenvalue weighted by atomic mass is 32.1. The van der Waals surface area contributed by atoms with Gasteiger partial charge in [-0.25, -0.2) is 4.79 Å². The van der Waals surface area contributed by atoms with E-state index in [2.05, 4.69) is 20.8 Å². The lowest BCUT2D eigenvalue weighted by Crippen LogP contribution is -2.33. The summed E-state index contributed by atoms with van der Waals surface area (Å²) in [5, 5.41) is 1.56. The maximum absolute atomic E-state index is 12.4. The van der Waals surface area contributed by atoms with Crippen molar-refractivity contribution in [1.29, 1.82) is 0 Å². The molecule has 0 saturated carbocycles. The van der Waals surface area contributed by atoms with E-state index in [1.54, 1.807) is 6.92 Å². The fourth-order valence-corrected chi connectivity index (χ4v) is 4.29. The van der Waals surface area contributed by atoms with Crippen molar-refractivity contribution in [2.75, 3.05) is 12.3 Å². The highest BCUT2D eigenvalue weighted by molar-refractivity contribution is 7.19. The summed E-state index contributed by atoms with van der Waals surface area (Å²) in [5.41, 5.74) is 10.1. The average Bonchev–Trinajstić information content (AvgIpc) is 2.89. The first-order valence-corrected chi connectivity index (χ1v) is 9.73. The van der Waals surface area contributed by atoms with Crippen molar-refractivity contribution in [3.05, 3.63) is 21.7 Å². The molecule has 0 spiro atoms. The fraction of sp³-hybridized carbons (Fsp3) is 0.579. The summed E-state index contributed by atoms with van der Waals surface area (Å²) < 4.78 is 11.2. The summed E-state index contributed by atoms with van der Waals surface area (Å²) in [6, 6.07) is 0. The lowest BCUT2D eigenvalue weighted by molar-refractivity contribution is -0.0401. The second-order valence-corrected chi connectivity index (χ2v) is 8.14. The van der Waals surface area contributed by atoms with Crippen LogP contribution in [0.2, 0.25) is 0 Å². The van der Waals surface area contributed by atoms with Gasteiger partial charge in [0.05, 0.1) is 29.3 Å². The Labute approximate surface area is 152 Å². The maximum Gasteiger partial charge on any atom is 0.350 e. The Morgan fingerprint density at radius 1 is 1.36 bits per heavy atom. The van der Waals surface area contributed by atoms with Crippen molar-refractivity contribution in [3.63, 3.8) is 0 Å². The van der Waals surface area contributed by atoms with Gasteiger partial charge in [0.25, 0.3) is 0 Å². The number of ether oxygens (including phenoxy) is 2. The molecular weight excluding hydrogens is 336 g/mol. The highest BCUT2D eigenvalue weighted by Gasteiger charge is 2.32. The van der Waals surface area contributed by atoms with Crippen molar-refractivity contribution in [2.45, 2.75) is 65.6 Å². The van der Waals surface area contributed by atoms with E-state index < -0.39 is 0 Å². The van der Waals surface area contributed by atoms with Crippen molar-refractivity contribution >= 4 is 33.2 Å². The van der Waals surface area contributed by atoms with Crippen molar-refractivity contribution in [2.24, 2.45) is 0 Å². The van der Waals surface area contributed by atoms with Gasteiger partial charge in [-0.15, -0.1) is 11.3 Å². The molecule has 2 aromatic heterocycles. The summed E-state index contributed by atoms with van der Waals surface area (Å²) in [6.45, 7) is 9.03. The van der Waals surface area contributed by atoms with Crippen molar-refractivity contribution in [1.82, 2.24) is 4.98 Å². The van der Waals surface area contributed by atoms with Gasteiger partial charge < -0.3 is 15.2 Å². The van der Waals surface area contributed by atoms with E-state index in [9.17, 15) is 4.79 Å². The summed E-state index contributed by atoms with van der Waals surface area (Å²) in [5.74, 6) is -0.339. The van der Waals surface area contributed by atoms with Gasteiger partial charge in [-0.3, -0.25) is 4.98 Å². The maximum atomic E-state index is 12.4. The van der Waals surface area contributed by atoms with Crippen LogP contribution in [0.5, 0.6) is 0 Å². The molecule has 3 rings (SSSR count). The number of esters is 1. The summed E-state index contributed by atoms with van der Waals surface area (Å²) in [4.78, 5) is 17.7. The number of hydrogen-bond acceptors (Lipinski definition) is 6. The van der Waals surface area contributed by atoms with Crippen LogP contribution < -0.4 is 5.73 Å². The van der Waals surface area contributed by atoms with Gasteiger partial charge in [0.1, 0.15) is 4.88 Å². The molecule has 0 unspecified atom stereocenters. The molecule has 0 radical (unpaired) electrons. The van der Waals surface area contributed by atoms with Crippen LogP contribution in [0.1, 0.15) is 67.0 Å². The molecule has 0 fully saturated rings. The molecule has 2 N–H and O–H groups in total. The van der Waals surface area contributed by atoms with Crippen LogP contribution in [0.4, 0.5) is 5.00 Å². The van der Waals surface area contributed by atoms with E-state index in [0.717, 1.165) is 42.3 Å². The van der Waals surface area contributed by atoms with Crippen LogP contribution in [-0.4, -0.2) is 23.2 Å². The third-order valence-electron chi connectivity index (χ3n) is 4.61. The molecule has 0 saturated heterocycles. The number of aryl methyl sites for hydroxylation is 1. The molecular formula is C19H26N2O3S. The third-order valence-corrected chi connectivity index (χ3v) is 5.60. The van der Waals surface area contributed by atoms with Gasteiger partial charge in [0.15, 0.2) is 0 Å². The Balaban J connectivity index is 2.23. The van der Waals surface area contributed by atoms with E-state index in [4.69, 9.17) is 20.2 Å². The molecule has 136 valence electrons. The predicted molar refractivity (Wildman–Crippen MR) is 101 cm³/mol. The highest BCUT2D eigenvalue weighted by Crippen LogP contribution is 2.41. The van der Waals surface area contributed by atoms with Crippen LogP contribution in [0.15, 0.2) is 0 Å². The minimum Gasteiger partial charge on any atom is -0.462 e. The normalized spacial score (nSPS) is 16.0. The van der Waals surface area contributed by atoms with E-state index in [-0.39, 0.29) is 11.6 Å². The summed E-state index contributed by atoms with van der Waals surface area (Å²) >= 11 is 1.28. The number of aromatic nitrogens is 1. The van der Waals surface area contributed by atoms with Gasteiger partial charge in [-0.1, -0.05) is 13.3 Å². The number of rotatable bonds is 5. The molecule has 1 aliphatic rings. The number of anilines is 1. The molecule has 0 aromatic carbocycles. The smallest absolute Gasteiger partial charge is 0.350 e. The number of carbonyl (C=O) groups excluding carboxylic acids is 1. The summed E-state index contributed by atoms with van der Waals surface area (Å²) in [7, 11) is 0. The van der Waals surface area contributed by atoms with Crippen LogP contribution >= 0.6 is 11.3 Å². The molecule has 0 amide bonds. The van der Waals surface area contributed by atoms with Crippen LogP contribution in [-0.2, 0) is 28.9 Å². The van der Waals surface area contributed by atoms with Gasteiger partial charge >= 0.3 is 5.97 Å². The number of fused-ring (bicyclic) bond motifs is 3. The van der Waals surface area contributed by atoms with Gasteiger partial charge in [-0.05, 0) is 39.2 Å². The van der Waals surface area contributed by atoms with E-state index in [1.165, 1.54) is 16.9 Å². The lowest BCUT2D eigenvalue weighted by atomic mass is 9.88. The molecule has 6 heteroatoms. The van der Waals surface area contributed by atoms with E-state index >= 15 is 0 Å². The molecule has 0 atom stereocenters. The van der Waals surface area contributed by atoms with Crippen LogP contribution in [0.25, 0.3) is 10.9 Å². The van der Waals surface area contributed by atoms with Gasteiger partial charge in [0.2, 0.25) is 0 Å². The Bertz CT molecular complexity index is 811. The number of nitrogens with two attached hydrogens (primary N) is 1. The quantitative estimate of drug-likeness (QED) is 0.805. The van der Waals surface area contributed by atoms with E-state index in [0.29, 0.717) is 28.6 Å². The SMILES string of the molecule is CCCCc1nc2c(C(=O)OCC)sc(N)c2c2c1COC(C)(C)C2. The second kappa shape index (κ2) is 6.92. The Hall–Kier alpha value is -1.66. The lowest BCUT2D eigenvalue weighted by Gasteiger charge is -2.33. The zero-order valence-electron chi connectivity index (χ0n) is 15.4. The molecule has 1 aliphatic heterocycles. The zero-order chi connectivity index (χ0) is 18.2. The number of nitrogens with zero attached hydrogens (tertiary/aromatic N) is 1. The number of unbranched alkanes of at least 4 members (excludes halogenated alkanes) is 1. The fourth-order valence-electron chi connectivity index (χ4n) is 3.36. The minimum absolute atomic E-state index is 0.248. The molecule has 2 aromatic rings. The topological polar surface area (TPSA) is 74.4 Å². The second-order valence-electron chi connectivity index (χ2n) is 7.08. The summed E-state index contributed by atoms with van der Waals surface area (Å²) in [6.07, 6.45) is 3.81. The van der Waals surface area contributed by atoms with Crippen molar-refractivity contribution < 1.29 is 14.3 Å². The van der Waals surface area contributed by atoms with Gasteiger partial charge in [0, 0.05) is 23.1 Å². The Kier molecular flexibility index (Phi) is 5.02. The Morgan fingerprint density at radius 3 is 2.80 bits per heavy atom. The standard InChI is InChI=1S/C19H26N2O3S/c1-5-7-8-13-12-10-24-19(3,4)9-11(12)14-15(21-13)16(25-17(14)20)18(22)23-6-2/h5-10,20H2,1-4H3. The zero-order valence-corrected chi connectivity index (χ0v) is 16.2. The predicted octanol–water partition coefficient (Wildman–Crippen LogP) is 4.25. The minimum atomic E-state index is -0.339. The first kappa shape index (κ1) is 18.1. The number of carbonyl (C=O) groups is 1. The van der Waals surface area contributed by atoms with Crippen molar-refractivity contribution in [3.8, 4) is 0 Å². The average molecular weight is 362 g/mol. The van der Waals surface area contributed by atoms with E-state index in [1.807, 2.05) is 0 Å². The van der Waals surface area contributed by atoms with Crippen LogP contribution in [0.3, 0.4) is 0 Å². The molecule has 5 nitrogen and oxygen atoms in total. The number of pyridine rings is 1. The molecule has 25 heavy (non-hydrogen) atoms. The first-order valence-electron chi connectivity index (χ1n) is 8.91. The monoisotopic (exact) mass is 362 g/mol. The number of nitrogen functional groups attached to an aromatic ring is 1. The largest absolute Gasteiger partial charge is 0.462 e. The third kappa shape index (κ3) is 3.37. The Morgan fingerprint density at radius 2 is 2.12 bits per heavy atom.